The molecule has 0 bridgehead atoms. The van der Waals surface area contributed by atoms with E-state index in [-0.39, 0.29) is 5.79 Å². The predicted molar refractivity (Wildman–Crippen MR) is 97.6 cm³/mol. The van der Waals surface area contributed by atoms with Crippen molar-refractivity contribution in [2.75, 3.05) is 13.7 Å². The molecule has 0 heterocycles. The maximum absolute atomic E-state index is 6.05. The molecule has 0 saturated heterocycles. The molecule has 3 fully saturated rings. The molecule has 4 aliphatic rings. The van der Waals surface area contributed by atoms with Gasteiger partial charge in [-0.3, -0.25) is 0 Å². The predicted octanol–water partition coefficient (Wildman–Crippen LogP) is 5.49. The van der Waals surface area contributed by atoms with Gasteiger partial charge in [-0.15, -0.1) is 0 Å². The van der Waals surface area contributed by atoms with E-state index in [1.165, 1.54) is 44.1 Å². The quantitative estimate of drug-likeness (QED) is 0.503. The van der Waals surface area contributed by atoms with Crippen molar-refractivity contribution >= 4 is 0 Å². The van der Waals surface area contributed by atoms with Gasteiger partial charge in [-0.05, 0) is 74.5 Å². The SMILES string of the molecule is C=C1CCC2C3CCC4CC(OC)(OCC)CCC4C3=CCC12C. The van der Waals surface area contributed by atoms with Crippen LogP contribution in [0, 0.1) is 29.1 Å². The van der Waals surface area contributed by atoms with Gasteiger partial charge in [0.15, 0.2) is 5.79 Å². The lowest BCUT2D eigenvalue weighted by Gasteiger charge is -2.53. The van der Waals surface area contributed by atoms with E-state index in [0.29, 0.717) is 5.41 Å². The van der Waals surface area contributed by atoms with Gasteiger partial charge in [0.25, 0.3) is 0 Å². The first-order valence-electron chi connectivity index (χ1n) is 10.1. The van der Waals surface area contributed by atoms with Gasteiger partial charge in [-0.2, -0.15) is 0 Å². The molecule has 2 heteroatoms. The van der Waals surface area contributed by atoms with Crippen LogP contribution in [0.3, 0.4) is 0 Å². The topological polar surface area (TPSA) is 18.5 Å². The van der Waals surface area contributed by atoms with Gasteiger partial charge < -0.3 is 9.47 Å². The van der Waals surface area contributed by atoms with Gasteiger partial charge in [0.1, 0.15) is 0 Å². The fourth-order valence-corrected chi connectivity index (χ4v) is 6.67. The summed E-state index contributed by atoms with van der Waals surface area (Å²) in [4.78, 5) is 0. The molecule has 0 aromatic carbocycles. The first kappa shape index (κ1) is 16.8. The molecule has 0 amide bonds. The van der Waals surface area contributed by atoms with Gasteiger partial charge in [0.05, 0.1) is 0 Å². The standard InChI is InChI=1S/C22H34O2/c1-5-24-22(23-4)13-11-17-16(14-22)7-8-19-18(17)10-12-21(3)15(2)6-9-20(19)21/h10,16-17,19-20H,2,5-9,11-14H2,1,3-4H3. The van der Waals surface area contributed by atoms with Gasteiger partial charge >= 0.3 is 0 Å². The van der Waals surface area contributed by atoms with Crippen molar-refractivity contribution in [3.05, 3.63) is 23.8 Å². The van der Waals surface area contributed by atoms with E-state index in [1.54, 1.807) is 0 Å². The summed E-state index contributed by atoms with van der Waals surface area (Å²) in [7, 11) is 1.83. The van der Waals surface area contributed by atoms with Crippen LogP contribution in [0.1, 0.15) is 65.2 Å². The zero-order chi connectivity index (χ0) is 16.9. The maximum Gasteiger partial charge on any atom is 0.168 e. The van der Waals surface area contributed by atoms with Gasteiger partial charge in [0, 0.05) is 26.6 Å². The fourth-order valence-electron chi connectivity index (χ4n) is 6.67. The lowest BCUT2D eigenvalue weighted by molar-refractivity contribution is -0.250. The second-order valence-electron chi connectivity index (χ2n) is 8.92. The average molecular weight is 331 g/mol. The van der Waals surface area contributed by atoms with Crippen molar-refractivity contribution in [1.82, 2.24) is 0 Å². The highest BCUT2D eigenvalue weighted by Gasteiger charge is 2.53. The van der Waals surface area contributed by atoms with Crippen molar-refractivity contribution in [1.29, 1.82) is 0 Å². The molecule has 0 N–H and O–H groups in total. The summed E-state index contributed by atoms with van der Waals surface area (Å²) < 4.78 is 11.9. The molecule has 0 radical (unpaired) electrons. The lowest BCUT2D eigenvalue weighted by atomic mass is 9.54. The van der Waals surface area contributed by atoms with Crippen molar-refractivity contribution < 1.29 is 9.47 Å². The summed E-state index contributed by atoms with van der Waals surface area (Å²) in [5, 5.41) is 0. The smallest absolute Gasteiger partial charge is 0.168 e. The number of allylic oxidation sites excluding steroid dienone is 3. The molecule has 134 valence electrons. The number of rotatable bonds is 3. The third kappa shape index (κ3) is 2.36. The zero-order valence-electron chi connectivity index (χ0n) is 15.8. The Morgan fingerprint density at radius 1 is 1.21 bits per heavy atom. The Morgan fingerprint density at radius 3 is 2.79 bits per heavy atom. The van der Waals surface area contributed by atoms with E-state index < -0.39 is 0 Å². The molecule has 2 nitrogen and oxygen atoms in total. The Labute approximate surface area is 147 Å². The van der Waals surface area contributed by atoms with E-state index >= 15 is 0 Å². The van der Waals surface area contributed by atoms with E-state index in [1.807, 2.05) is 12.7 Å². The molecular formula is C22H34O2. The summed E-state index contributed by atoms with van der Waals surface area (Å²) in [5.41, 5.74) is 3.71. The van der Waals surface area contributed by atoms with Crippen LogP contribution >= 0.6 is 0 Å². The van der Waals surface area contributed by atoms with Crippen LogP contribution < -0.4 is 0 Å². The molecule has 4 aliphatic carbocycles. The van der Waals surface area contributed by atoms with E-state index in [9.17, 15) is 0 Å². The number of hydrogen-bond donors (Lipinski definition) is 0. The Morgan fingerprint density at radius 2 is 2.04 bits per heavy atom. The molecular weight excluding hydrogens is 296 g/mol. The third-order valence-corrected chi connectivity index (χ3v) is 8.09. The zero-order valence-corrected chi connectivity index (χ0v) is 15.8. The first-order valence-corrected chi connectivity index (χ1v) is 10.1. The Kier molecular flexibility index (Phi) is 4.20. The Hall–Kier alpha value is -0.600. The summed E-state index contributed by atoms with van der Waals surface area (Å²) in [6, 6.07) is 0. The highest BCUT2D eigenvalue weighted by molar-refractivity contribution is 5.30. The first-order chi connectivity index (χ1) is 11.5. The Bertz CT molecular complexity index is 550. The van der Waals surface area contributed by atoms with Crippen LogP contribution in [0.25, 0.3) is 0 Å². The Balaban J connectivity index is 1.57. The van der Waals surface area contributed by atoms with Crippen molar-refractivity contribution in [3.63, 3.8) is 0 Å². The lowest BCUT2D eigenvalue weighted by Crippen LogP contribution is -2.47. The minimum atomic E-state index is -0.311. The largest absolute Gasteiger partial charge is 0.353 e. The van der Waals surface area contributed by atoms with E-state index in [4.69, 9.17) is 9.47 Å². The number of fused-ring (bicyclic) bond motifs is 5. The fraction of sp³-hybridized carbons (Fsp3) is 0.818. The van der Waals surface area contributed by atoms with Gasteiger partial charge in [-0.1, -0.05) is 30.7 Å². The monoisotopic (exact) mass is 330 g/mol. The summed E-state index contributed by atoms with van der Waals surface area (Å²) in [6.07, 6.45) is 12.6. The molecule has 0 spiro atoms. The summed E-state index contributed by atoms with van der Waals surface area (Å²) >= 11 is 0. The summed E-state index contributed by atoms with van der Waals surface area (Å²) in [6.45, 7) is 9.74. The molecule has 6 atom stereocenters. The maximum atomic E-state index is 6.05. The normalized spacial score (nSPS) is 47.6. The number of hydrogen-bond acceptors (Lipinski definition) is 2. The minimum Gasteiger partial charge on any atom is -0.353 e. The average Bonchev–Trinajstić information content (AvgIpc) is 2.90. The summed E-state index contributed by atoms with van der Waals surface area (Å²) in [5.74, 6) is 2.90. The minimum absolute atomic E-state index is 0.311. The van der Waals surface area contributed by atoms with Gasteiger partial charge in [0.2, 0.25) is 0 Å². The molecule has 6 unspecified atom stereocenters. The van der Waals surface area contributed by atoms with Crippen LogP contribution in [0.2, 0.25) is 0 Å². The molecule has 24 heavy (non-hydrogen) atoms. The van der Waals surface area contributed by atoms with E-state index in [2.05, 4.69) is 26.5 Å². The second-order valence-corrected chi connectivity index (χ2v) is 8.92. The van der Waals surface area contributed by atoms with Crippen molar-refractivity contribution in [2.45, 2.75) is 71.0 Å². The second kappa shape index (κ2) is 5.99. The molecule has 0 aliphatic heterocycles. The van der Waals surface area contributed by atoms with Crippen molar-refractivity contribution in [2.24, 2.45) is 29.1 Å². The molecule has 0 aromatic rings. The van der Waals surface area contributed by atoms with Crippen LogP contribution in [0.4, 0.5) is 0 Å². The molecule has 0 aromatic heterocycles. The highest BCUT2D eigenvalue weighted by atomic mass is 16.7. The highest BCUT2D eigenvalue weighted by Crippen LogP contribution is 2.62. The van der Waals surface area contributed by atoms with Crippen molar-refractivity contribution in [3.8, 4) is 0 Å². The van der Waals surface area contributed by atoms with Crippen LogP contribution in [0.5, 0.6) is 0 Å². The molecule has 4 rings (SSSR count). The van der Waals surface area contributed by atoms with Gasteiger partial charge in [-0.25, -0.2) is 0 Å². The van der Waals surface area contributed by atoms with Crippen LogP contribution in [-0.4, -0.2) is 19.5 Å². The van der Waals surface area contributed by atoms with Crippen LogP contribution in [-0.2, 0) is 9.47 Å². The number of ether oxygens (including phenoxy) is 2. The number of methoxy groups -OCH3 is 1. The molecule has 3 saturated carbocycles. The van der Waals surface area contributed by atoms with E-state index in [0.717, 1.165) is 43.1 Å². The van der Waals surface area contributed by atoms with Crippen LogP contribution in [0.15, 0.2) is 23.8 Å². The third-order valence-electron chi connectivity index (χ3n) is 8.09.